The number of anilines is 1. The first-order chi connectivity index (χ1) is 10.1. The summed E-state index contributed by atoms with van der Waals surface area (Å²) in [7, 11) is 0. The number of amides is 2. The molecule has 1 heterocycles. The van der Waals surface area contributed by atoms with E-state index in [1.807, 2.05) is 30.3 Å². The molecule has 0 aliphatic carbocycles. The smallest absolute Gasteiger partial charge is 0.261 e. The lowest BCUT2D eigenvalue weighted by molar-refractivity contribution is -0.120. The molecule has 21 heavy (non-hydrogen) atoms. The van der Waals surface area contributed by atoms with Gasteiger partial charge in [-0.1, -0.05) is 18.2 Å². The van der Waals surface area contributed by atoms with Crippen molar-refractivity contribution < 1.29 is 14.3 Å². The van der Waals surface area contributed by atoms with Gasteiger partial charge in [0.05, 0.1) is 5.69 Å². The summed E-state index contributed by atoms with van der Waals surface area (Å²) >= 11 is 0. The number of ether oxygens (including phenoxy) is 1. The fourth-order valence-corrected chi connectivity index (χ4v) is 2.12. The SMILES string of the molecule is CC1=CC(=O)N(c2ccc(Oc3ccccc3)cc2)C1=O. The molecule has 3 rings (SSSR count). The Morgan fingerprint density at radius 1 is 0.857 bits per heavy atom. The van der Waals surface area contributed by atoms with E-state index < -0.39 is 0 Å². The predicted molar refractivity (Wildman–Crippen MR) is 79.2 cm³/mol. The lowest BCUT2D eigenvalue weighted by atomic mass is 10.2. The molecule has 0 unspecified atom stereocenters. The van der Waals surface area contributed by atoms with Crippen LogP contribution in [0.5, 0.6) is 11.5 Å². The van der Waals surface area contributed by atoms with Crippen LogP contribution in [-0.2, 0) is 9.59 Å². The van der Waals surface area contributed by atoms with Crippen molar-refractivity contribution in [3.63, 3.8) is 0 Å². The Morgan fingerprint density at radius 3 is 2.05 bits per heavy atom. The normalized spacial score (nSPS) is 14.3. The monoisotopic (exact) mass is 279 g/mol. The van der Waals surface area contributed by atoms with Crippen LogP contribution in [0.4, 0.5) is 5.69 Å². The lowest BCUT2D eigenvalue weighted by Gasteiger charge is -2.15. The molecule has 1 aliphatic rings. The summed E-state index contributed by atoms with van der Waals surface area (Å²) in [5.74, 6) is 0.788. The van der Waals surface area contributed by atoms with Crippen LogP contribution in [-0.4, -0.2) is 11.8 Å². The summed E-state index contributed by atoms with van der Waals surface area (Å²) in [6.45, 7) is 1.63. The fraction of sp³-hybridized carbons (Fsp3) is 0.0588. The molecular formula is C17H13NO3. The highest BCUT2D eigenvalue weighted by atomic mass is 16.5. The van der Waals surface area contributed by atoms with Crippen molar-refractivity contribution >= 4 is 17.5 Å². The largest absolute Gasteiger partial charge is 0.457 e. The number of carbonyl (C=O) groups is 2. The average molecular weight is 279 g/mol. The quantitative estimate of drug-likeness (QED) is 0.810. The van der Waals surface area contributed by atoms with E-state index in [1.54, 1.807) is 31.2 Å². The van der Waals surface area contributed by atoms with Gasteiger partial charge in [0.1, 0.15) is 11.5 Å². The molecule has 0 radical (unpaired) electrons. The van der Waals surface area contributed by atoms with Crippen LogP contribution in [0.3, 0.4) is 0 Å². The summed E-state index contributed by atoms with van der Waals surface area (Å²) < 4.78 is 5.67. The van der Waals surface area contributed by atoms with Crippen LogP contribution >= 0.6 is 0 Å². The molecule has 0 saturated heterocycles. The van der Waals surface area contributed by atoms with Gasteiger partial charge in [-0.3, -0.25) is 9.59 Å². The molecule has 4 nitrogen and oxygen atoms in total. The Bertz CT molecular complexity index is 717. The number of benzene rings is 2. The maximum Gasteiger partial charge on any atom is 0.261 e. The molecule has 0 spiro atoms. The Hall–Kier alpha value is -2.88. The van der Waals surface area contributed by atoms with Gasteiger partial charge in [0.2, 0.25) is 0 Å². The summed E-state index contributed by atoms with van der Waals surface area (Å²) in [5, 5.41) is 0. The number of carbonyl (C=O) groups excluding carboxylic acids is 2. The van der Waals surface area contributed by atoms with Crippen LogP contribution in [0.15, 0.2) is 66.2 Å². The van der Waals surface area contributed by atoms with Gasteiger partial charge in [-0.2, -0.15) is 0 Å². The van der Waals surface area contributed by atoms with E-state index in [-0.39, 0.29) is 11.8 Å². The minimum atomic E-state index is -0.311. The zero-order valence-corrected chi connectivity index (χ0v) is 11.4. The first-order valence-corrected chi connectivity index (χ1v) is 6.55. The number of hydrogen-bond acceptors (Lipinski definition) is 3. The number of rotatable bonds is 3. The summed E-state index contributed by atoms with van der Waals surface area (Å²) in [5.41, 5.74) is 0.989. The maximum absolute atomic E-state index is 11.9. The highest BCUT2D eigenvalue weighted by Gasteiger charge is 2.29. The summed E-state index contributed by atoms with van der Waals surface area (Å²) in [6, 6.07) is 16.3. The second-order valence-electron chi connectivity index (χ2n) is 4.72. The van der Waals surface area contributed by atoms with Gasteiger partial charge in [0, 0.05) is 11.6 Å². The van der Waals surface area contributed by atoms with Crippen LogP contribution in [0.1, 0.15) is 6.92 Å². The van der Waals surface area contributed by atoms with Crippen molar-refractivity contribution in [3.05, 3.63) is 66.2 Å². The van der Waals surface area contributed by atoms with E-state index in [4.69, 9.17) is 4.74 Å². The minimum Gasteiger partial charge on any atom is -0.457 e. The van der Waals surface area contributed by atoms with Crippen LogP contribution < -0.4 is 9.64 Å². The van der Waals surface area contributed by atoms with E-state index >= 15 is 0 Å². The van der Waals surface area contributed by atoms with Gasteiger partial charge in [-0.05, 0) is 43.3 Å². The number of imide groups is 1. The molecule has 0 saturated carbocycles. The lowest BCUT2D eigenvalue weighted by Crippen LogP contribution is -2.30. The summed E-state index contributed by atoms with van der Waals surface area (Å²) in [4.78, 5) is 24.8. The van der Waals surface area contributed by atoms with Gasteiger partial charge >= 0.3 is 0 Å². The third kappa shape index (κ3) is 2.56. The van der Waals surface area contributed by atoms with E-state index in [2.05, 4.69) is 0 Å². The van der Waals surface area contributed by atoms with Gasteiger partial charge in [0.15, 0.2) is 0 Å². The second-order valence-corrected chi connectivity index (χ2v) is 4.72. The number of hydrogen-bond donors (Lipinski definition) is 0. The molecule has 0 bridgehead atoms. The van der Waals surface area contributed by atoms with Gasteiger partial charge in [-0.25, -0.2) is 4.90 Å². The first-order valence-electron chi connectivity index (χ1n) is 6.55. The number of para-hydroxylation sites is 1. The molecule has 4 heteroatoms. The van der Waals surface area contributed by atoms with Crippen molar-refractivity contribution in [2.75, 3.05) is 4.90 Å². The Balaban J connectivity index is 1.79. The molecule has 104 valence electrons. The molecule has 2 aromatic rings. The van der Waals surface area contributed by atoms with Gasteiger partial charge in [-0.15, -0.1) is 0 Å². The Labute approximate surface area is 122 Å². The van der Waals surface area contributed by atoms with E-state index in [0.717, 1.165) is 10.6 Å². The minimum absolute atomic E-state index is 0.281. The topological polar surface area (TPSA) is 46.6 Å². The third-order valence-electron chi connectivity index (χ3n) is 3.17. The Morgan fingerprint density at radius 2 is 1.48 bits per heavy atom. The predicted octanol–water partition coefficient (Wildman–Crippen LogP) is 3.30. The van der Waals surface area contributed by atoms with E-state index in [1.165, 1.54) is 6.08 Å². The highest BCUT2D eigenvalue weighted by Crippen LogP contribution is 2.27. The van der Waals surface area contributed by atoms with Crippen molar-refractivity contribution in [2.24, 2.45) is 0 Å². The number of nitrogens with zero attached hydrogens (tertiary/aromatic N) is 1. The Kier molecular flexibility index (Phi) is 3.28. The molecule has 0 N–H and O–H groups in total. The van der Waals surface area contributed by atoms with Crippen molar-refractivity contribution in [1.29, 1.82) is 0 Å². The molecule has 1 aliphatic heterocycles. The molecular weight excluding hydrogens is 266 g/mol. The zero-order valence-electron chi connectivity index (χ0n) is 11.4. The molecule has 0 fully saturated rings. The first kappa shape index (κ1) is 13.1. The zero-order chi connectivity index (χ0) is 14.8. The van der Waals surface area contributed by atoms with Gasteiger partial charge < -0.3 is 4.74 Å². The van der Waals surface area contributed by atoms with E-state index in [0.29, 0.717) is 17.0 Å². The maximum atomic E-state index is 11.9. The van der Waals surface area contributed by atoms with Crippen LogP contribution in [0.2, 0.25) is 0 Å². The van der Waals surface area contributed by atoms with Crippen LogP contribution in [0.25, 0.3) is 0 Å². The molecule has 0 atom stereocenters. The van der Waals surface area contributed by atoms with Crippen molar-refractivity contribution in [1.82, 2.24) is 0 Å². The fourth-order valence-electron chi connectivity index (χ4n) is 2.12. The molecule has 0 aromatic heterocycles. The standard InChI is InChI=1S/C17H13NO3/c1-12-11-16(19)18(17(12)20)13-7-9-15(10-8-13)21-14-5-3-2-4-6-14/h2-11H,1H3. The summed E-state index contributed by atoms with van der Waals surface area (Å²) in [6.07, 6.45) is 1.34. The third-order valence-corrected chi connectivity index (χ3v) is 3.17. The molecule has 2 amide bonds. The van der Waals surface area contributed by atoms with Crippen LogP contribution in [0, 0.1) is 0 Å². The second kappa shape index (κ2) is 5.25. The van der Waals surface area contributed by atoms with Gasteiger partial charge in [0.25, 0.3) is 11.8 Å². The highest BCUT2D eigenvalue weighted by molar-refractivity contribution is 6.30. The van der Waals surface area contributed by atoms with Crippen molar-refractivity contribution in [2.45, 2.75) is 6.92 Å². The molecule has 2 aromatic carbocycles. The van der Waals surface area contributed by atoms with Crippen molar-refractivity contribution in [3.8, 4) is 11.5 Å². The van der Waals surface area contributed by atoms with E-state index in [9.17, 15) is 9.59 Å². The average Bonchev–Trinajstić information content (AvgIpc) is 2.74.